The average molecular weight is 400 g/mol. The zero-order valence-corrected chi connectivity index (χ0v) is 17.1. The number of nitrogens with one attached hydrogen (secondary N) is 2. The number of hydrogen-bond donors (Lipinski definition) is 2. The monoisotopic (exact) mass is 399 g/mol. The van der Waals surface area contributed by atoms with Crippen molar-refractivity contribution in [3.63, 3.8) is 0 Å². The number of amides is 1. The minimum absolute atomic E-state index is 0.192. The zero-order chi connectivity index (χ0) is 20.3. The molecule has 7 heteroatoms. The molecular formula is C21H25N3O3S. The van der Waals surface area contributed by atoms with Crippen LogP contribution in [0.2, 0.25) is 0 Å². The smallest absolute Gasteiger partial charge is 0.263 e. The van der Waals surface area contributed by atoms with E-state index in [0.29, 0.717) is 18.5 Å². The van der Waals surface area contributed by atoms with Crippen molar-refractivity contribution >= 4 is 21.8 Å². The van der Waals surface area contributed by atoms with E-state index in [1.54, 1.807) is 18.2 Å². The molecule has 28 heavy (non-hydrogen) atoms. The number of aliphatic imine (C=N–C) groups is 1. The summed E-state index contributed by atoms with van der Waals surface area (Å²) in [5, 5.41) is 2.92. The summed E-state index contributed by atoms with van der Waals surface area (Å²) in [5.41, 5.74) is 2.66. The van der Waals surface area contributed by atoms with E-state index in [1.807, 2.05) is 45.0 Å². The van der Waals surface area contributed by atoms with Gasteiger partial charge in [-0.15, -0.1) is 0 Å². The lowest BCUT2D eigenvalue weighted by atomic mass is 10.0. The third-order valence-corrected chi connectivity index (χ3v) is 5.93. The van der Waals surface area contributed by atoms with E-state index in [-0.39, 0.29) is 22.6 Å². The second-order valence-corrected chi connectivity index (χ2v) is 9.08. The fourth-order valence-corrected chi connectivity index (χ4v) is 4.30. The molecule has 0 saturated heterocycles. The van der Waals surface area contributed by atoms with Gasteiger partial charge < -0.3 is 5.32 Å². The first-order chi connectivity index (χ1) is 13.3. The number of nitrogens with zero attached hydrogens (tertiary/aromatic N) is 1. The molecule has 148 valence electrons. The lowest BCUT2D eigenvalue weighted by molar-refractivity contribution is -0.122. The number of rotatable bonds is 6. The van der Waals surface area contributed by atoms with Crippen LogP contribution in [0.5, 0.6) is 0 Å². The molecule has 1 aliphatic heterocycles. The molecule has 6 nitrogen and oxygen atoms in total. The molecule has 0 saturated carbocycles. The number of fused-ring (bicyclic) bond motifs is 1. The molecule has 1 heterocycles. The molecule has 0 spiro atoms. The van der Waals surface area contributed by atoms with Gasteiger partial charge >= 0.3 is 0 Å². The molecule has 0 bridgehead atoms. The highest BCUT2D eigenvalue weighted by atomic mass is 32.2. The highest BCUT2D eigenvalue weighted by Gasteiger charge is 2.32. The maximum atomic E-state index is 12.8. The van der Waals surface area contributed by atoms with E-state index in [4.69, 9.17) is 0 Å². The zero-order valence-electron chi connectivity index (χ0n) is 16.3. The molecule has 0 aromatic heterocycles. The number of sulfonamides is 1. The summed E-state index contributed by atoms with van der Waals surface area (Å²) in [5.74, 6) is 0.241. The summed E-state index contributed by atoms with van der Waals surface area (Å²) < 4.78 is 27.0. The first kappa shape index (κ1) is 20.1. The Kier molecular flexibility index (Phi) is 5.84. The maximum Gasteiger partial charge on any atom is 0.263 e. The number of aryl methyl sites for hydroxylation is 1. The van der Waals surface area contributed by atoms with Crippen LogP contribution < -0.4 is 10.0 Å². The second-order valence-electron chi connectivity index (χ2n) is 7.43. The van der Waals surface area contributed by atoms with Crippen LogP contribution in [0.3, 0.4) is 0 Å². The lowest BCUT2D eigenvalue weighted by Crippen LogP contribution is -2.36. The number of carbonyl (C=O) groups excluding carboxylic acids is 1. The van der Waals surface area contributed by atoms with Crippen LogP contribution in [0.4, 0.5) is 0 Å². The molecule has 2 aromatic rings. The lowest BCUT2D eigenvalue weighted by Gasteiger charge is -2.16. The average Bonchev–Trinajstić information content (AvgIpc) is 2.91. The fourth-order valence-electron chi connectivity index (χ4n) is 3.06. The molecule has 1 amide bonds. The van der Waals surface area contributed by atoms with Gasteiger partial charge in [0.2, 0.25) is 5.91 Å². The molecule has 2 aromatic carbocycles. The topological polar surface area (TPSA) is 87.6 Å². The van der Waals surface area contributed by atoms with Crippen molar-refractivity contribution in [2.24, 2.45) is 10.9 Å². The predicted octanol–water partition coefficient (Wildman–Crippen LogP) is 2.76. The third kappa shape index (κ3) is 4.59. The van der Waals surface area contributed by atoms with E-state index >= 15 is 0 Å². The van der Waals surface area contributed by atoms with Gasteiger partial charge in [-0.05, 0) is 37.0 Å². The Morgan fingerprint density at radius 2 is 1.79 bits per heavy atom. The van der Waals surface area contributed by atoms with Crippen LogP contribution in [0.15, 0.2) is 58.4 Å². The van der Waals surface area contributed by atoms with E-state index < -0.39 is 16.1 Å². The molecule has 0 radical (unpaired) electrons. The Balaban J connectivity index is 1.81. The van der Waals surface area contributed by atoms with Gasteiger partial charge in [0.15, 0.2) is 0 Å². The standard InChI is InChI=1S/C21H25N3O3S/c1-14(2)12-18(21(25)22-13-16-10-8-15(3)9-11-16)23-20-17-6-4-5-7-19(17)28(26,27)24-20/h4-11,14,18H,12-13H2,1-3H3,(H,22,25)(H,23,24)/t18-/m1/s1. The molecule has 0 aliphatic carbocycles. The van der Waals surface area contributed by atoms with E-state index in [2.05, 4.69) is 15.0 Å². The van der Waals surface area contributed by atoms with Gasteiger partial charge in [0.25, 0.3) is 10.0 Å². The van der Waals surface area contributed by atoms with Crippen LogP contribution >= 0.6 is 0 Å². The van der Waals surface area contributed by atoms with Gasteiger partial charge in [0.1, 0.15) is 11.9 Å². The van der Waals surface area contributed by atoms with Gasteiger partial charge in [-0.2, -0.15) is 0 Å². The Morgan fingerprint density at radius 1 is 1.11 bits per heavy atom. The predicted molar refractivity (Wildman–Crippen MR) is 110 cm³/mol. The summed E-state index contributed by atoms with van der Waals surface area (Å²) in [4.78, 5) is 17.5. The van der Waals surface area contributed by atoms with Crippen molar-refractivity contribution < 1.29 is 13.2 Å². The molecule has 0 unspecified atom stereocenters. The number of carbonyl (C=O) groups is 1. The van der Waals surface area contributed by atoms with Crippen LogP contribution in [0.25, 0.3) is 0 Å². The maximum absolute atomic E-state index is 12.8. The van der Waals surface area contributed by atoms with Crippen molar-refractivity contribution in [1.29, 1.82) is 0 Å². The van der Waals surface area contributed by atoms with Crippen LogP contribution in [-0.2, 0) is 21.4 Å². The highest BCUT2D eigenvalue weighted by Crippen LogP contribution is 2.23. The molecule has 2 N–H and O–H groups in total. The summed E-state index contributed by atoms with van der Waals surface area (Å²) in [7, 11) is -3.63. The normalized spacial score (nSPS) is 17.2. The minimum Gasteiger partial charge on any atom is -0.350 e. The molecule has 3 rings (SSSR count). The third-order valence-electron chi connectivity index (χ3n) is 4.53. The van der Waals surface area contributed by atoms with Gasteiger partial charge in [0, 0.05) is 12.1 Å². The minimum atomic E-state index is -3.63. The fraction of sp³-hybridized carbons (Fsp3) is 0.333. The molecular weight excluding hydrogens is 374 g/mol. The van der Waals surface area contributed by atoms with Crippen LogP contribution in [0.1, 0.15) is 37.0 Å². The number of amidine groups is 1. The Labute approximate surface area is 166 Å². The first-order valence-corrected chi connectivity index (χ1v) is 10.8. The summed E-state index contributed by atoms with van der Waals surface area (Å²) in [6, 6.07) is 13.9. The van der Waals surface area contributed by atoms with Crippen LogP contribution in [-0.4, -0.2) is 26.2 Å². The van der Waals surface area contributed by atoms with E-state index in [0.717, 1.165) is 11.1 Å². The van der Waals surface area contributed by atoms with Crippen molar-refractivity contribution in [1.82, 2.24) is 10.0 Å². The van der Waals surface area contributed by atoms with E-state index in [1.165, 1.54) is 6.07 Å². The molecule has 0 fully saturated rings. The Hall–Kier alpha value is -2.67. The van der Waals surface area contributed by atoms with Crippen LogP contribution in [0, 0.1) is 12.8 Å². The highest BCUT2D eigenvalue weighted by molar-refractivity contribution is 7.90. The molecule has 1 atom stereocenters. The number of hydrogen-bond acceptors (Lipinski definition) is 4. The largest absolute Gasteiger partial charge is 0.350 e. The van der Waals surface area contributed by atoms with E-state index in [9.17, 15) is 13.2 Å². The SMILES string of the molecule is Cc1ccc(CNC(=O)[C@@H](CC(C)C)N=C2NS(=O)(=O)c3ccccc32)cc1. The van der Waals surface area contributed by atoms with Gasteiger partial charge in [-0.3, -0.25) is 14.5 Å². The van der Waals surface area contributed by atoms with Gasteiger partial charge in [0.05, 0.1) is 4.90 Å². The molecule has 1 aliphatic rings. The van der Waals surface area contributed by atoms with Gasteiger partial charge in [-0.1, -0.05) is 55.8 Å². The van der Waals surface area contributed by atoms with Crippen molar-refractivity contribution in [2.75, 3.05) is 0 Å². The van der Waals surface area contributed by atoms with Crippen molar-refractivity contribution in [2.45, 2.75) is 44.7 Å². The van der Waals surface area contributed by atoms with Crippen molar-refractivity contribution in [3.8, 4) is 0 Å². The summed E-state index contributed by atoms with van der Waals surface area (Å²) in [6.07, 6.45) is 0.521. The van der Waals surface area contributed by atoms with Gasteiger partial charge in [-0.25, -0.2) is 8.42 Å². The quantitative estimate of drug-likeness (QED) is 0.783. The van der Waals surface area contributed by atoms with Crippen molar-refractivity contribution in [3.05, 3.63) is 65.2 Å². The Morgan fingerprint density at radius 3 is 2.46 bits per heavy atom. The summed E-state index contributed by atoms with van der Waals surface area (Å²) in [6.45, 7) is 6.43. The number of benzene rings is 2. The first-order valence-electron chi connectivity index (χ1n) is 9.29. The summed E-state index contributed by atoms with van der Waals surface area (Å²) >= 11 is 0. The Bertz CT molecular complexity index is 996. The second kappa shape index (κ2) is 8.14.